The zero-order chi connectivity index (χ0) is 9.54. The van der Waals surface area contributed by atoms with E-state index < -0.39 is 0 Å². The van der Waals surface area contributed by atoms with Crippen molar-refractivity contribution in [1.82, 2.24) is 4.98 Å². The number of fused-ring (bicyclic) bond motifs is 3. The lowest BCUT2D eigenvalue weighted by Gasteiger charge is -1.95. The Morgan fingerprint density at radius 3 is 3.07 bits per heavy atom. The van der Waals surface area contributed by atoms with Crippen LogP contribution in [0.25, 0.3) is 21.9 Å². The minimum Gasteiger partial charge on any atom is -0.461 e. The highest BCUT2D eigenvalue weighted by Crippen LogP contribution is 2.26. The minimum atomic E-state index is 0.938. The van der Waals surface area contributed by atoms with E-state index in [1.165, 1.54) is 0 Å². The van der Waals surface area contributed by atoms with Crippen molar-refractivity contribution in [2.24, 2.45) is 0 Å². The lowest BCUT2D eigenvalue weighted by molar-refractivity contribution is 0.581. The number of aromatic nitrogens is 1. The molecule has 0 N–H and O–H groups in total. The number of furan rings is 1. The van der Waals surface area contributed by atoms with E-state index in [4.69, 9.17) is 4.42 Å². The van der Waals surface area contributed by atoms with Crippen LogP contribution in [0.1, 0.15) is 5.76 Å². The molecule has 0 spiro atoms. The average Bonchev–Trinajstić information content (AvgIpc) is 2.59. The highest BCUT2D eigenvalue weighted by Gasteiger charge is 2.04. The third-order valence-electron chi connectivity index (χ3n) is 2.39. The van der Waals surface area contributed by atoms with Crippen molar-refractivity contribution in [2.45, 2.75) is 6.92 Å². The molecule has 0 atom stereocenters. The van der Waals surface area contributed by atoms with Crippen LogP contribution in [-0.2, 0) is 0 Å². The second kappa shape index (κ2) is 2.58. The largest absolute Gasteiger partial charge is 0.461 e. The first kappa shape index (κ1) is 7.56. The predicted molar refractivity (Wildman–Crippen MR) is 56.3 cm³/mol. The van der Waals surface area contributed by atoms with E-state index in [-0.39, 0.29) is 0 Å². The van der Waals surface area contributed by atoms with Crippen molar-refractivity contribution >= 4 is 21.9 Å². The Bertz CT molecular complexity index is 610. The minimum absolute atomic E-state index is 0.938. The Morgan fingerprint density at radius 1 is 1.21 bits per heavy atom. The fraction of sp³-hybridized carbons (Fsp3) is 0.0833. The molecule has 2 nitrogen and oxygen atoms in total. The number of hydrogen-bond acceptors (Lipinski definition) is 2. The maximum absolute atomic E-state index is 5.64. The molecule has 0 amide bonds. The van der Waals surface area contributed by atoms with Gasteiger partial charge in [0.2, 0.25) is 0 Å². The maximum atomic E-state index is 5.64. The van der Waals surface area contributed by atoms with Gasteiger partial charge in [0.05, 0.1) is 5.52 Å². The van der Waals surface area contributed by atoms with Crippen LogP contribution in [0, 0.1) is 6.92 Å². The summed E-state index contributed by atoms with van der Waals surface area (Å²) in [6.45, 7) is 1.96. The molecule has 0 saturated carbocycles. The fourth-order valence-corrected chi connectivity index (χ4v) is 1.78. The summed E-state index contributed by atoms with van der Waals surface area (Å²) in [6.07, 6.45) is 1.80. The first-order valence-corrected chi connectivity index (χ1v) is 4.58. The predicted octanol–water partition coefficient (Wildman–Crippen LogP) is 3.29. The molecule has 2 heteroatoms. The van der Waals surface area contributed by atoms with Gasteiger partial charge in [0.25, 0.3) is 0 Å². The number of hydrogen-bond donors (Lipinski definition) is 0. The van der Waals surface area contributed by atoms with Crippen LogP contribution >= 0.6 is 0 Å². The molecule has 0 aliphatic rings. The van der Waals surface area contributed by atoms with Crippen molar-refractivity contribution < 1.29 is 4.42 Å². The molecule has 0 saturated heterocycles. The summed E-state index contributed by atoms with van der Waals surface area (Å²) in [6, 6.07) is 10.1. The van der Waals surface area contributed by atoms with Gasteiger partial charge in [-0.05, 0) is 37.3 Å². The topological polar surface area (TPSA) is 26.0 Å². The van der Waals surface area contributed by atoms with Gasteiger partial charge in [0, 0.05) is 17.0 Å². The van der Waals surface area contributed by atoms with E-state index in [0.29, 0.717) is 0 Å². The van der Waals surface area contributed by atoms with Crippen molar-refractivity contribution in [3.05, 3.63) is 42.3 Å². The van der Waals surface area contributed by atoms with Gasteiger partial charge in [0.15, 0.2) is 0 Å². The normalized spacial score (nSPS) is 11.2. The van der Waals surface area contributed by atoms with Crippen LogP contribution in [0.5, 0.6) is 0 Å². The van der Waals surface area contributed by atoms with Crippen molar-refractivity contribution in [3.8, 4) is 0 Å². The fourth-order valence-electron chi connectivity index (χ4n) is 1.78. The van der Waals surface area contributed by atoms with E-state index >= 15 is 0 Å². The number of aryl methyl sites for hydroxylation is 1. The standard InChI is InChI=1S/C12H9NO/c1-8-7-9-4-5-11-10(12(9)14-8)3-2-6-13-11/h2-7H,1H3. The Kier molecular flexibility index (Phi) is 1.39. The quantitative estimate of drug-likeness (QED) is 0.534. The number of pyridine rings is 1. The van der Waals surface area contributed by atoms with Crippen LogP contribution in [-0.4, -0.2) is 4.98 Å². The van der Waals surface area contributed by atoms with Gasteiger partial charge < -0.3 is 4.42 Å². The molecule has 68 valence electrons. The highest BCUT2D eigenvalue weighted by atomic mass is 16.3. The molecule has 3 rings (SSSR count). The summed E-state index contributed by atoms with van der Waals surface area (Å²) < 4.78 is 5.64. The average molecular weight is 183 g/mol. The summed E-state index contributed by atoms with van der Waals surface area (Å²) in [5, 5.41) is 2.22. The van der Waals surface area contributed by atoms with Crippen LogP contribution in [0.3, 0.4) is 0 Å². The molecule has 0 aliphatic heterocycles. The molecule has 0 radical (unpaired) electrons. The van der Waals surface area contributed by atoms with E-state index in [0.717, 1.165) is 27.6 Å². The Balaban J connectivity index is 2.60. The molecule has 0 bridgehead atoms. The third-order valence-corrected chi connectivity index (χ3v) is 2.39. The van der Waals surface area contributed by atoms with Crippen molar-refractivity contribution in [1.29, 1.82) is 0 Å². The molecule has 2 heterocycles. The Morgan fingerprint density at radius 2 is 2.14 bits per heavy atom. The highest BCUT2D eigenvalue weighted by molar-refractivity contribution is 6.02. The molecule has 0 unspecified atom stereocenters. The van der Waals surface area contributed by atoms with E-state index in [1.807, 2.05) is 37.3 Å². The van der Waals surface area contributed by atoms with E-state index in [2.05, 4.69) is 4.98 Å². The van der Waals surface area contributed by atoms with Crippen LogP contribution < -0.4 is 0 Å². The zero-order valence-electron chi connectivity index (χ0n) is 7.82. The summed E-state index contributed by atoms with van der Waals surface area (Å²) in [5.74, 6) is 0.941. The van der Waals surface area contributed by atoms with Gasteiger partial charge in [-0.25, -0.2) is 0 Å². The van der Waals surface area contributed by atoms with Crippen molar-refractivity contribution in [2.75, 3.05) is 0 Å². The number of rotatable bonds is 0. The molecule has 2 aromatic heterocycles. The van der Waals surface area contributed by atoms with Gasteiger partial charge in [-0.3, -0.25) is 4.98 Å². The summed E-state index contributed by atoms with van der Waals surface area (Å²) >= 11 is 0. The SMILES string of the molecule is Cc1cc2ccc3ncccc3c2o1. The van der Waals surface area contributed by atoms with E-state index in [9.17, 15) is 0 Å². The van der Waals surface area contributed by atoms with Crippen LogP contribution in [0.15, 0.2) is 40.9 Å². The smallest absolute Gasteiger partial charge is 0.143 e. The van der Waals surface area contributed by atoms with Gasteiger partial charge in [0.1, 0.15) is 11.3 Å². The zero-order valence-corrected chi connectivity index (χ0v) is 7.82. The first-order chi connectivity index (χ1) is 6.84. The van der Waals surface area contributed by atoms with Crippen LogP contribution in [0.4, 0.5) is 0 Å². The summed E-state index contributed by atoms with van der Waals surface area (Å²) in [7, 11) is 0. The first-order valence-electron chi connectivity index (χ1n) is 4.58. The molecule has 1 aromatic carbocycles. The molecular weight excluding hydrogens is 174 g/mol. The summed E-state index contributed by atoms with van der Waals surface area (Å²) in [4.78, 5) is 4.28. The van der Waals surface area contributed by atoms with Gasteiger partial charge in [-0.2, -0.15) is 0 Å². The monoisotopic (exact) mass is 183 g/mol. The lowest BCUT2D eigenvalue weighted by atomic mass is 10.1. The van der Waals surface area contributed by atoms with Crippen LogP contribution in [0.2, 0.25) is 0 Å². The summed E-state index contributed by atoms with van der Waals surface area (Å²) in [5.41, 5.74) is 1.92. The molecule has 0 aliphatic carbocycles. The Labute approximate surface area is 81.2 Å². The molecular formula is C12H9NO. The van der Waals surface area contributed by atoms with E-state index in [1.54, 1.807) is 6.20 Å². The third kappa shape index (κ3) is 0.940. The molecule has 3 aromatic rings. The van der Waals surface area contributed by atoms with Gasteiger partial charge in [-0.1, -0.05) is 0 Å². The number of nitrogens with zero attached hydrogens (tertiary/aromatic N) is 1. The van der Waals surface area contributed by atoms with Gasteiger partial charge >= 0.3 is 0 Å². The molecule has 14 heavy (non-hydrogen) atoms. The maximum Gasteiger partial charge on any atom is 0.143 e. The lowest BCUT2D eigenvalue weighted by Crippen LogP contribution is -1.76. The second-order valence-corrected chi connectivity index (χ2v) is 3.41. The van der Waals surface area contributed by atoms with Gasteiger partial charge in [-0.15, -0.1) is 0 Å². The number of benzene rings is 1. The van der Waals surface area contributed by atoms with Crippen molar-refractivity contribution in [3.63, 3.8) is 0 Å². The second-order valence-electron chi connectivity index (χ2n) is 3.41. The Hall–Kier alpha value is -1.83. The molecule has 0 fully saturated rings.